The molecule has 0 spiro atoms. The molecule has 0 amide bonds. The molecule has 0 aliphatic carbocycles. The highest BCUT2D eigenvalue weighted by Crippen LogP contribution is 2.37. The van der Waals surface area contributed by atoms with Gasteiger partial charge in [-0.3, -0.25) is 4.99 Å². The van der Waals surface area contributed by atoms with Crippen LogP contribution >= 0.6 is 0 Å². The molecule has 0 saturated carbocycles. The van der Waals surface area contributed by atoms with Crippen LogP contribution in [0.3, 0.4) is 0 Å². The Hall–Kier alpha value is -2.37. The molecule has 0 unspecified atom stereocenters. The van der Waals surface area contributed by atoms with E-state index in [9.17, 15) is 0 Å². The average Bonchev–Trinajstić information content (AvgIpc) is 3.08. The fourth-order valence-electron chi connectivity index (χ4n) is 3.46. The van der Waals surface area contributed by atoms with Gasteiger partial charge in [0.15, 0.2) is 0 Å². The van der Waals surface area contributed by atoms with Gasteiger partial charge < -0.3 is 13.7 Å². The van der Waals surface area contributed by atoms with Crippen molar-refractivity contribution in [1.82, 2.24) is 0 Å². The van der Waals surface area contributed by atoms with Crippen molar-refractivity contribution >= 4 is 45.9 Å². The third-order valence-corrected chi connectivity index (χ3v) is 5.72. The first-order chi connectivity index (χ1) is 13.2. The summed E-state index contributed by atoms with van der Waals surface area (Å²) in [6, 6.07) is 12.1. The van der Waals surface area contributed by atoms with Crippen molar-refractivity contribution in [3.05, 3.63) is 48.6 Å². The van der Waals surface area contributed by atoms with Crippen molar-refractivity contribution in [2.24, 2.45) is 4.99 Å². The van der Waals surface area contributed by atoms with Gasteiger partial charge in [0.25, 0.3) is 0 Å². The summed E-state index contributed by atoms with van der Waals surface area (Å²) in [7, 11) is -0.391. The Bertz CT molecular complexity index is 1090. The molecule has 28 heavy (non-hydrogen) atoms. The molecule has 1 saturated heterocycles. The topological polar surface area (TPSA) is 44.0 Å². The smallest absolute Gasteiger partial charge is 0.456 e. The molecule has 2 heterocycles. The van der Waals surface area contributed by atoms with Crippen LogP contribution in [0.15, 0.2) is 58.0 Å². The summed E-state index contributed by atoms with van der Waals surface area (Å²) in [5.74, 6) is 0. The minimum absolute atomic E-state index is 0.364. The minimum Gasteiger partial charge on any atom is -0.456 e. The number of nitrogens with zero attached hydrogens (tertiary/aromatic N) is 1. The van der Waals surface area contributed by atoms with E-state index in [-0.39, 0.29) is 11.2 Å². The van der Waals surface area contributed by atoms with Crippen LogP contribution in [-0.2, 0) is 9.31 Å². The van der Waals surface area contributed by atoms with Crippen molar-refractivity contribution in [3.63, 3.8) is 0 Å². The van der Waals surface area contributed by atoms with E-state index in [1.54, 1.807) is 0 Å². The van der Waals surface area contributed by atoms with Gasteiger partial charge >= 0.3 is 7.12 Å². The molecule has 0 atom stereocenters. The average molecular weight is 375 g/mol. The van der Waals surface area contributed by atoms with Gasteiger partial charge in [-0.05, 0) is 77.3 Å². The van der Waals surface area contributed by atoms with Gasteiger partial charge in [-0.2, -0.15) is 0 Å². The molecular formula is C23H26BNO3. The summed E-state index contributed by atoms with van der Waals surface area (Å²) >= 11 is 0. The van der Waals surface area contributed by atoms with Gasteiger partial charge in [-0.15, -0.1) is 0 Å². The molecule has 2 aromatic carbocycles. The van der Waals surface area contributed by atoms with Crippen LogP contribution < -0.4 is 5.46 Å². The largest absolute Gasteiger partial charge is 0.494 e. The molecule has 3 aromatic rings. The molecule has 1 fully saturated rings. The monoisotopic (exact) mass is 375 g/mol. The lowest BCUT2D eigenvalue weighted by Crippen LogP contribution is -2.41. The first kappa shape index (κ1) is 19.0. The quantitative estimate of drug-likeness (QED) is 0.445. The Morgan fingerprint density at radius 3 is 2.18 bits per heavy atom. The molecule has 1 aliphatic rings. The Balaban J connectivity index is 1.78. The van der Waals surface area contributed by atoms with Gasteiger partial charge in [-0.1, -0.05) is 18.2 Å². The maximum absolute atomic E-state index is 6.21. The summed E-state index contributed by atoms with van der Waals surface area (Å²) in [5.41, 5.74) is 3.84. The van der Waals surface area contributed by atoms with E-state index in [1.807, 2.05) is 50.3 Å². The fourth-order valence-corrected chi connectivity index (χ4v) is 3.46. The highest BCUT2D eigenvalue weighted by atomic mass is 16.7. The van der Waals surface area contributed by atoms with Gasteiger partial charge in [0.2, 0.25) is 0 Å². The van der Waals surface area contributed by atoms with Gasteiger partial charge in [0, 0.05) is 16.5 Å². The van der Waals surface area contributed by atoms with Gasteiger partial charge in [0.05, 0.1) is 16.9 Å². The number of furan rings is 1. The van der Waals surface area contributed by atoms with Crippen molar-refractivity contribution < 1.29 is 13.7 Å². The summed E-state index contributed by atoms with van der Waals surface area (Å²) in [4.78, 5) is 4.66. The Labute approximate surface area is 166 Å². The summed E-state index contributed by atoms with van der Waals surface area (Å²) in [6.45, 7) is 12.2. The Morgan fingerprint density at radius 2 is 1.54 bits per heavy atom. The minimum atomic E-state index is -0.391. The number of rotatable bonds is 3. The zero-order chi connectivity index (χ0) is 20.1. The maximum atomic E-state index is 6.21. The van der Waals surface area contributed by atoms with E-state index in [4.69, 9.17) is 13.7 Å². The fraction of sp³-hybridized carbons (Fsp3) is 0.348. The van der Waals surface area contributed by atoms with E-state index in [0.29, 0.717) is 0 Å². The van der Waals surface area contributed by atoms with Crippen LogP contribution in [0.1, 0.15) is 41.5 Å². The lowest BCUT2D eigenvalue weighted by Gasteiger charge is -2.32. The number of aliphatic imine (C=N–C) groups is 1. The third kappa shape index (κ3) is 3.19. The molecule has 0 radical (unpaired) electrons. The van der Waals surface area contributed by atoms with Crippen LogP contribution in [0.5, 0.6) is 0 Å². The summed E-state index contributed by atoms with van der Waals surface area (Å²) < 4.78 is 18.4. The maximum Gasteiger partial charge on any atom is 0.494 e. The molecule has 5 heteroatoms. The molecule has 144 valence electrons. The first-order valence-corrected chi connectivity index (χ1v) is 9.70. The number of fused-ring (bicyclic) bond motifs is 3. The molecule has 4 nitrogen and oxygen atoms in total. The predicted octanol–water partition coefficient (Wildman–Crippen LogP) is 5.55. The van der Waals surface area contributed by atoms with E-state index in [0.717, 1.165) is 38.8 Å². The lowest BCUT2D eigenvalue weighted by atomic mass is 9.78. The standard InChI is InChI=1S/C23H26BNO3/c1-7-8-15(2)25-17-10-12-21-19(14-17)18-13-16(9-11-20(18)26-21)24-27-22(3,4)23(5,6)28-24/h7-14H,1-6H3/b8-7-,25-15?. The lowest BCUT2D eigenvalue weighted by molar-refractivity contribution is 0.00578. The second-order valence-electron chi connectivity index (χ2n) is 8.38. The van der Waals surface area contributed by atoms with Crippen LogP contribution in [0, 0.1) is 0 Å². The number of allylic oxidation sites excluding steroid dienone is 2. The molecule has 4 rings (SSSR count). The van der Waals surface area contributed by atoms with Gasteiger partial charge in [-0.25, -0.2) is 0 Å². The van der Waals surface area contributed by atoms with Crippen LogP contribution in [-0.4, -0.2) is 24.0 Å². The van der Waals surface area contributed by atoms with Crippen LogP contribution in [0.25, 0.3) is 21.9 Å². The predicted molar refractivity (Wildman–Crippen MR) is 117 cm³/mol. The SMILES string of the molecule is C/C=C\C(C)=Nc1ccc2oc3ccc(B4OC(C)(C)C(C)(C)O4)cc3c2c1. The third-order valence-electron chi connectivity index (χ3n) is 5.72. The Kier molecular flexibility index (Phi) is 4.48. The first-order valence-electron chi connectivity index (χ1n) is 9.70. The van der Waals surface area contributed by atoms with Crippen molar-refractivity contribution in [3.8, 4) is 0 Å². The zero-order valence-corrected chi connectivity index (χ0v) is 17.4. The van der Waals surface area contributed by atoms with E-state index >= 15 is 0 Å². The molecule has 0 bridgehead atoms. The molecule has 1 aromatic heterocycles. The summed E-state index contributed by atoms with van der Waals surface area (Å²) in [5, 5.41) is 2.09. The van der Waals surface area contributed by atoms with E-state index < -0.39 is 7.12 Å². The number of hydrogen-bond donors (Lipinski definition) is 0. The molecule has 1 aliphatic heterocycles. The van der Waals surface area contributed by atoms with Gasteiger partial charge in [0.1, 0.15) is 11.2 Å². The normalized spacial score (nSPS) is 19.4. The van der Waals surface area contributed by atoms with E-state index in [2.05, 4.69) is 44.8 Å². The second-order valence-corrected chi connectivity index (χ2v) is 8.38. The zero-order valence-electron chi connectivity index (χ0n) is 17.4. The van der Waals surface area contributed by atoms with Crippen molar-refractivity contribution in [1.29, 1.82) is 0 Å². The number of benzene rings is 2. The Morgan fingerprint density at radius 1 is 0.929 bits per heavy atom. The van der Waals surface area contributed by atoms with Crippen LogP contribution in [0.2, 0.25) is 0 Å². The summed E-state index contributed by atoms with van der Waals surface area (Å²) in [6.07, 6.45) is 3.98. The molecule has 0 N–H and O–H groups in total. The van der Waals surface area contributed by atoms with Crippen molar-refractivity contribution in [2.75, 3.05) is 0 Å². The van der Waals surface area contributed by atoms with Crippen LogP contribution in [0.4, 0.5) is 5.69 Å². The highest BCUT2D eigenvalue weighted by Gasteiger charge is 2.51. The molecular weight excluding hydrogens is 349 g/mol. The highest BCUT2D eigenvalue weighted by molar-refractivity contribution is 6.62. The second kappa shape index (κ2) is 6.61. The van der Waals surface area contributed by atoms with Crippen molar-refractivity contribution in [2.45, 2.75) is 52.7 Å². The van der Waals surface area contributed by atoms with E-state index in [1.165, 1.54) is 0 Å². The number of hydrogen-bond acceptors (Lipinski definition) is 4.